The molecular formula is C20H19ClN6O2S. The molecule has 0 atom stereocenters. The zero-order valence-corrected chi connectivity index (χ0v) is 18.1. The van der Waals surface area contributed by atoms with Gasteiger partial charge in [0.2, 0.25) is 5.95 Å². The second-order valence-electron chi connectivity index (χ2n) is 6.80. The molecule has 0 unspecified atom stereocenters. The van der Waals surface area contributed by atoms with E-state index in [-0.39, 0.29) is 0 Å². The molecule has 0 radical (unpaired) electrons. The van der Waals surface area contributed by atoms with E-state index >= 15 is 0 Å². The number of nitrogens with one attached hydrogen (secondary N) is 2. The van der Waals surface area contributed by atoms with Gasteiger partial charge in [0, 0.05) is 51.7 Å². The summed E-state index contributed by atoms with van der Waals surface area (Å²) in [5, 5.41) is 4.54. The number of halogens is 1. The minimum Gasteiger partial charge on any atom is -0.494 e. The van der Waals surface area contributed by atoms with Gasteiger partial charge < -0.3 is 15.0 Å². The fourth-order valence-electron chi connectivity index (χ4n) is 3.00. The summed E-state index contributed by atoms with van der Waals surface area (Å²) in [6, 6.07) is 7.13. The van der Waals surface area contributed by atoms with Crippen LogP contribution in [0.4, 0.5) is 17.3 Å². The first-order valence-electron chi connectivity index (χ1n) is 8.90. The van der Waals surface area contributed by atoms with Crippen molar-refractivity contribution in [1.82, 2.24) is 19.9 Å². The first-order valence-corrected chi connectivity index (χ1v) is 11.6. The molecule has 0 aliphatic carbocycles. The molecule has 154 valence electrons. The third kappa shape index (κ3) is 4.22. The lowest BCUT2D eigenvalue weighted by molar-refractivity contribution is 0.417. The molecule has 4 rings (SSSR count). The summed E-state index contributed by atoms with van der Waals surface area (Å²) in [4.78, 5) is 16.2. The zero-order valence-electron chi connectivity index (χ0n) is 16.5. The highest BCUT2D eigenvalue weighted by atomic mass is 35.5. The van der Waals surface area contributed by atoms with E-state index in [4.69, 9.17) is 16.3 Å². The van der Waals surface area contributed by atoms with E-state index in [0.29, 0.717) is 33.8 Å². The SMILES string of the molecule is COc1cc(N=S(C)(C)=O)ccc1Nc1ncc(Cl)c(-c2c[nH]c3cnccc23)n1. The number of ether oxygens (including phenoxy) is 1. The molecule has 0 bridgehead atoms. The summed E-state index contributed by atoms with van der Waals surface area (Å²) in [5.41, 5.74) is 3.55. The molecule has 3 aromatic heterocycles. The molecule has 0 fully saturated rings. The van der Waals surface area contributed by atoms with Crippen molar-refractivity contribution in [3.63, 3.8) is 0 Å². The monoisotopic (exact) mass is 442 g/mol. The van der Waals surface area contributed by atoms with Gasteiger partial charge in [0.15, 0.2) is 0 Å². The quantitative estimate of drug-likeness (QED) is 0.460. The number of hydrogen-bond donors (Lipinski definition) is 2. The molecule has 8 nitrogen and oxygen atoms in total. The van der Waals surface area contributed by atoms with Gasteiger partial charge in [0.05, 0.1) is 47.1 Å². The van der Waals surface area contributed by atoms with Crippen LogP contribution in [0.25, 0.3) is 22.2 Å². The van der Waals surface area contributed by atoms with Gasteiger partial charge in [-0.05, 0) is 18.2 Å². The molecule has 4 aromatic rings. The Labute approximate surface area is 178 Å². The summed E-state index contributed by atoms with van der Waals surface area (Å²) in [5.74, 6) is 0.883. The second-order valence-corrected chi connectivity index (χ2v) is 9.75. The average Bonchev–Trinajstić information content (AvgIpc) is 3.13. The molecule has 30 heavy (non-hydrogen) atoms. The van der Waals surface area contributed by atoms with E-state index in [1.165, 1.54) is 0 Å². The predicted molar refractivity (Wildman–Crippen MR) is 120 cm³/mol. The fraction of sp³-hybridized carbons (Fsp3) is 0.150. The van der Waals surface area contributed by atoms with Crippen molar-refractivity contribution >= 4 is 49.6 Å². The van der Waals surface area contributed by atoms with E-state index in [1.54, 1.807) is 56.4 Å². The van der Waals surface area contributed by atoms with Gasteiger partial charge in [-0.15, -0.1) is 0 Å². The number of nitrogens with zero attached hydrogens (tertiary/aromatic N) is 4. The molecule has 10 heteroatoms. The molecule has 2 N–H and O–H groups in total. The van der Waals surface area contributed by atoms with Crippen LogP contribution in [0.15, 0.2) is 53.4 Å². The topological polar surface area (TPSA) is 105 Å². The maximum atomic E-state index is 11.9. The largest absolute Gasteiger partial charge is 0.494 e. The number of methoxy groups -OCH3 is 1. The Morgan fingerprint density at radius 1 is 1.23 bits per heavy atom. The van der Waals surface area contributed by atoms with E-state index in [1.807, 2.05) is 12.3 Å². The lowest BCUT2D eigenvalue weighted by Crippen LogP contribution is -2.00. The molecule has 0 spiro atoms. The number of H-pyrrole nitrogens is 1. The standard InChI is InChI=1S/C20H19ClN6O2S/c1-29-18-8-12(27-30(2,3)28)4-5-16(18)25-20-24-10-15(21)19(26-20)14-9-23-17-11-22-7-6-13(14)17/h4-11,23H,1-3H3,(H,24,25,26). The molecule has 1 aromatic carbocycles. The minimum atomic E-state index is -2.28. The van der Waals surface area contributed by atoms with Crippen LogP contribution in [0.5, 0.6) is 5.75 Å². The number of benzene rings is 1. The van der Waals surface area contributed by atoms with Gasteiger partial charge in [-0.1, -0.05) is 11.6 Å². The number of fused-ring (bicyclic) bond motifs is 1. The summed E-state index contributed by atoms with van der Waals surface area (Å²) < 4.78 is 21.6. The molecule has 0 aliphatic rings. The lowest BCUT2D eigenvalue weighted by Gasteiger charge is -2.12. The highest BCUT2D eigenvalue weighted by Gasteiger charge is 2.14. The summed E-state index contributed by atoms with van der Waals surface area (Å²) in [7, 11) is -0.726. The van der Waals surface area contributed by atoms with Crippen LogP contribution in [0.3, 0.4) is 0 Å². The molecule has 0 aliphatic heterocycles. The van der Waals surface area contributed by atoms with Crippen LogP contribution in [0.1, 0.15) is 0 Å². The third-order valence-corrected chi connectivity index (χ3v) is 5.17. The summed E-state index contributed by atoms with van der Waals surface area (Å²) in [6.07, 6.45) is 10.0. The van der Waals surface area contributed by atoms with Crippen molar-refractivity contribution in [1.29, 1.82) is 0 Å². The van der Waals surface area contributed by atoms with Crippen LogP contribution in [0.2, 0.25) is 5.02 Å². The average molecular weight is 443 g/mol. The van der Waals surface area contributed by atoms with E-state index in [2.05, 4.69) is 29.6 Å². The first kappa shape index (κ1) is 20.1. The highest BCUT2D eigenvalue weighted by Crippen LogP contribution is 2.34. The van der Waals surface area contributed by atoms with Crippen LogP contribution >= 0.6 is 11.6 Å². The molecule has 0 saturated carbocycles. The number of aromatic amines is 1. The van der Waals surface area contributed by atoms with Crippen molar-refractivity contribution < 1.29 is 8.95 Å². The zero-order chi connectivity index (χ0) is 21.3. The fourth-order valence-corrected chi connectivity index (χ4v) is 3.81. The summed E-state index contributed by atoms with van der Waals surface area (Å²) in [6.45, 7) is 0. The molecule has 3 heterocycles. The Kier molecular flexibility index (Phi) is 5.31. The van der Waals surface area contributed by atoms with Crippen molar-refractivity contribution in [2.45, 2.75) is 0 Å². The second kappa shape index (κ2) is 7.92. The Morgan fingerprint density at radius 3 is 2.83 bits per heavy atom. The molecular weight excluding hydrogens is 424 g/mol. The van der Waals surface area contributed by atoms with Crippen molar-refractivity contribution in [3.8, 4) is 17.0 Å². The molecule has 0 amide bonds. The number of hydrogen-bond acceptors (Lipinski definition) is 7. The highest BCUT2D eigenvalue weighted by molar-refractivity contribution is 7.92. The van der Waals surface area contributed by atoms with Gasteiger partial charge in [-0.3, -0.25) is 4.98 Å². The van der Waals surface area contributed by atoms with Crippen LogP contribution in [-0.4, -0.2) is 43.8 Å². The summed E-state index contributed by atoms with van der Waals surface area (Å²) >= 11 is 6.39. The minimum absolute atomic E-state index is 0.357. The lowest BCUT2D eigenvalue weighted by atomic mass is 10.1. The van der Waals surface area contributed by atoms with Crippen LogP contribution < -0.4 is 10.1 Å². The normalized spacial score (nSPS) is 11.5. The third-order valence-electron chi connectivity index (χ3n) is 4.24. The number of aromatic nitrogens is 4. The molecule has 0 saturated heterocycles. The van der Waals surface area contributed by atoms with Crippen LogP contribution in [-0.2, 0) is 9.73 Å². The van der Waals surface area contributed by atoms with Gasteiger partial charge >= 0.3 is 0 Å². The van der Waals surface area contributed by atoms with Gasteiger partial charge in [0.1, 0.15) is 5.75 Å². The maximum absolute atomic E-state index is 11.9. The van der Waals surface area contributed by atoms with Gasteiger partial charge in [-0.25, -0.2) is 14.2 Å². The Bertz CT molecular complexity index is 1350. The van der Waals surface area contributed by atoms with Crippen molar-refractivity contribution in [2.75, 3.05) is 24.9 Å². The number of pyridine rings is 1. The van der Waals surface area contributed by atoms with Crippen LogP contribution in [0, 0.1) is 0 Å². The Morgan fingerprint density at radius 2 is 2.07 bits per heavy atom. The van der Waals surface area contributed by atoms with Gasteiger partial charge in [-0.2, -0.15) is 4.36 Å². The smallest absolute Gasteiger partial charge is 0.227 e. The number of rotatable bonds is 5. The Hall–Kier alpha value is -3.17. The van der Waals surface area contributed by atoms with E-state index in [0.717, 1.165) is 16.5 Å². The van der Waals surface area contributed by atoms with Gasteiger partial charge in [0.25, 0.3) is 0 Å². The number of anilines is 2. The first-order chi connectivity index (χ1) is 14.3. The predicted octanol–water partition coefficient (Wildman–Crippen LogP) is 4.78. The maximum Gasteiger partial charge on any atom is 0.227 e. The van der Waals surface area contributed by atoms with E-state index in [9.17, 15) is 4.21 Å². The van der Waals surface area contributed by atoms with Crippen molar-refractivity contribution in [3.05, 3.63) is 54.1 Å². The van der Waals surface area contributed by atoms with Crippen molar-refractivity contribution in [2.24, 2.45) is 4.36 Å². The van der Waals surface area contributed by atoms with E-state index < -0.39 is 9.73 Å². The Balaban J connectivity index is 1.71.